The predicted octanol–water partition coefficient (Wildman–Crippen LogP) is 2.47. The Morgan fingerprint density at radius 3 is 2.47 bits per heavy atom. The molecule has 1 aromatic carbocycles. The van der Waals surface area contributed by atoms with Crippen molar-refractivity contribution < 1.29 is 4.79 Å². The van der Waals surface area contributed by atoms with Crippen molar-refractivity contribution in [3.8, 4) is 0 Å². The molecule has 1 aliphatic rings. The van der Waals surface area contributed by atoms with Gasteiger partial charge in [0.05, 0.1) is 6.54 Å². The second-order valence-electron chi connectivity index (χ2n) is 5.18. The van der Waals surface area contributed by atoms with Crippen LogP contribution in [0.1, 0.15) is 31.7 Å². The summed E-state index contributed by atoms with van der Waals surface area (Å²) in [6.45, 7) is 4.60. The summed E-state index contributed by atoms with van der Waals surface area (Å²) >= 11 is 0. The van der Waals surface area contributed by atoms with Crippen molar-refractivity contribution in [3.05, 3.63) is 29.8 Å². The van der Waals surface area contributed by atoms with Gasteiger partial charge in [-0.1, -0.05) is 17.7 Å². The number of aryl methyl sites for hydroxylation is 1. The number of amides is 1. The average Bonchev–Trinajstić information content (AvgIpc) is 2.27. The minimum Gasteiger partial charge on any atom is -0.325 e. The monoisotopic (exact) mass is 232 g/mol. The Morgan fingerprint density at radius 1 is 1.29 bits per heavy atom. The summed E-state index contributed by atoms with van der Waals surface area (Å²) in [6, 6.07) is 7.85. The third-order valence-electron chi connectivity index (χ3n) is 3.47. The zero-order valence-electron chi connectivity index (χ0n) is 10.5. The van der Waals surface area contributed by atoms with Gasteiger partial charge in [0.1, 0.15) is 0 Å². The van der Waals surface area contributed by atoms with Crippen LogP contribution in [0.3, 0.4) is 0 Å². The first-order valence-electron chi connectivity index (χ1n) is 6.19. The fourth-order valence-electron chi connectivity index (χ4n) is 2.02. The highest BCUT2D eigenvalue weighted by molar-refractivity contribution is 5.92. The Balaban J connectivity index is 1.79. The van der Waals surface area contributed by atoms with Crippen LogP contribution in [-0.2, 0) is 4.79 Å². The summed E-state index contributed by atoms with van der Waals surface area (Å²) < 4.78 is 0. The maximum Gasteiger partial charge on any atom is 0.238 e. The van der Waals surface area contributed by atoms with Gasteiger partial charge in [0.25, 0.3) is 0 Å². The molecule has 1 fully saturated rings. The zero-order chi connectivity index (χ0) is 12.3. The van der Waals surface area contributed by atoms with Crippen molar-refractivity contribution in [1.82, 2.24) is 5.32 Å². The van der Waals surface area contributed by atoms with Gasteiger partial charge >= 0.3 is 0 Å². The molecule has 3 heteroatoms. The molecule has 2 N–H and O–H groups in total. The number of carbonyl (C=O) groups is 1. The first-order chi connectivity index (χ1) is 8.07. The Hall–Kier alpha value is -1.35. The second-order valence-corrected chi connectivity index (χ2v) is 5.18. The van der Waals surface area contributed by atoms with Crippen LogP contribution < -0.4 is 10.6 Å². The lowest BCUT2D eigenvalue weighted by molar-refractivity contribution is -0.115. The van der Waals surface area contributed by atoms with Gasteiger partial charge < -0.3 is 10.6 Å². The highest BCUT2D eigenvalue weighted by atomic mass is 16.1. The first-order valence-corrected chi connectivity index (χ1v) is 6.19. The van der Waals surface area contributed by atoms with E-state index in [4.69, 9.17) is 0 Å². The van der Waals surface area contributed by atoms with E-state index in [1.165, 1.54) is 24.8 Å². The largest absolute Gasteiger partial charge is 0.325 e. The van der Waals surface area contributed by atoms with E-state index in [0.29, 0.717) is 6.54 Å². The summed E-state index contributed by atoms with van der Waals surface area (Å²) in [7, 11) is 0. The molecular formula is C14H20N2O. The molecule has 17 heavy (non-hydrogen) atoms. The lowest BCUT2D eigenvalue weighted by Crippen LogP contribution is -2.50. The summed E-state index contributed by atoms with van der Waals surface area (Å²) in [5, 5.41) is 6.20. The highest BCUT2D eigenvalue weighted by Crippen LogP contribution is 2.30. The summed E-state index contributed by atoms with van der Waals surface area (Å²) in [6.07, 6.45) is 3.61. The van der Waals surface area contributed by atoms with E-state index in [2.05, 4.69) is 17.6 Å². The third-order valence-corrected chi connectivity index (χ3v) is 3.47. The summed E-state index contributed by atoms with van der Waals surface area (Å²) in [5.41, 5.74) is 2.24. The Morgan fingerprint density at radius 2 is 1.94 bits per heavy atom. The molecule has 0 atom stereocenters. The number of anilines is 1. The normalized spacial score (nSPS) is 17.3. The van der Waals surface area contributed by atoms with Gasteiger partial charge in [-0.25, -0.2) is 0 Å². The number of hydrogen-bond acceptors (Lipinski definition) is 2. The van der Waals surface area contributed by atoms with E-state index < -0.39 is 0 Å². The van der Waals surface area contributed by atoms with Gasteiger partial charge in [0.15, 0.2) is 0 Å². The molecule has 0 aliphatic heterocycles. The molecule has 0 radical (unpaired) electrons. The lowest BCUT2D eigenvalue weighted by Gasteiger charge is -2.39. The van der Waals surface area contributed by atoms with Crippen molar-refractivity contribution >= 4 is 11.6 Å². The minimum absolute atomic E-state index is 0.0296. The zero-order valence-corrected chi connectivity index (χ0v) is 10.5. The standard InChI is InChI=1S/C14H20N2O/c1-11-4-6-12(7-5-11)16-13(17)10-15-14(2)8-3-9-14/h4-7,15H,3,8-10H2,1-2H3,(H,16,17). The lowest BCUT2D eigenvalue weighted by atomic mass is 9.78. The van der Waals surface area contributed by atoms with E-state index >= 15 is 0 Å². The topological polar surface area (TPSA) is 41.1 Å². The summed E-state index contributed by atoms with van der Waals surface area (Å²) in [5.74, 6) is 0.0296. The molecule has 1 saturated carbocycles. The van der Waals surface area contributed by atoms with Crippen LogP contribution >= 0.6 is 0 Å². The molecule has 0 heterocycles. The van der Waals surface area contributed by atoms with E-state index in [0.717, 1.165) is 5.69 Å². The number of rotatable bonds is 4. The molecule has 0 spiro atoms. The molecule has 0 saturated heterocycles. The maximum absolute atomic E-state index is 11.7. The molecular weight excluding hydrogens is 212 g/mol. The number of carbonyl (C=O) groups excluding carboxylic acids is 1. The van der Waals surface area contributed by atoms with E-state index in [1.807, 2.05) is 31.2 Å². The maximum atomic E-state index is 11.7. The number of nitrogens with one attached hydrogen (secondary N) is 2. The third kappa shape index (κ3) is 3.30. The van der Waals surface area contributed by atoms with Crippen molar-refractivity contribution in [2.24, 2.45) is 0 Å². The molecule has 0 bridgehead atoms. The van der Waals surface area contributed by atoms with Gasteiger partial charge in [-0.05, 0) is 45.2 Å². The predicted molar refractivity (Wildman–Crippen MR) is 70.1 cm³/mol. The van der Waals surface area contributed by atoms with Crippen molar-refractivity contribution in [2.75, 3.05) is 11.9 Å². The Kier molecular flexibility index (Phi) is 3.48. The van der Waals surface area contributed by atoms with Gasteiger partial charge in [0.2, 0.25) is 5.91 Å². The average molecular weight is 232 g/mol. The van der Waals surface area contributed by atoms with Crippen LogP contribution in [0, 0.1) is 6.92 Å². The molecule has 0 aromatic heterocycles. The molecule has 1 amide bonds. The van der Waals surface area contributed by atoms with Gasteiger partial charge in [0, 0.05) is 11.2 Å². The molecule has 0 unspecified atom stereocenters. The molecule has 3 nitrogen and oxygen atoms in total. The SMILES string of the molecule is Cc1ccc(NC(=O)CNC2(C)CCC2)cc1. The quantitative estimate of drug-likeness (QED) is 0.837. The second kappa shape index (κ2) is 4.88. The Labute approximate surface area is 103 Å². The van der Waals surface area contributed by atoms with Crippen LogP contribution in [0.15, 0.2) is 24.3 Å². The fraction of sp³-hybridized carbons (Fsp3) is 0.500. The Bertz CT molecular complexity index is 393. The van der Waals surface area contributed by atoms with Crippen LogP contribution in [-0.4, -0.2) is 18.0 Å². The number of hydrogen-bond donors (Lipinski definition) is 2. The van der Waals surface area contributed by atoms with Crippen molar-refractivity contribution in [3.63, 3.8) is 0 Å². The molecule has 1 aliphatic carbocycles. The van der Waals surface area contributed by atoms with Gasteiger partial charge in [-0.15, -0.1) is 0 Å². The molecule has 1 aromatic rings. The van der Waals surface area contributed by atoms with Gasteiger partial charge in [-0.2, -0.15) is 0 Å². The fourth-order valence-corrected chi connectivity index (χ4v) is 2.02. The first kappa shape index (κ1) is 12.1. The minimum atomic E-state index is 0.0296. The van der Waals surface area contributed by atoms with Crippen LogP contribution in [0.2, 0.25) is 0 Å². The van der Waals surface area contributed by atoms with Crippen molar-refractivity contribution in [2.45, 2.75) is 38.6 Å². The number of benzene rings is 1. The molecule has 2 rings (SSSR count). The van der Waals surface area contributed by atoms with Crippen LogP contribution in [0.25, 0.3) is 0 Å². The van der Waals surface area contributed by atoms with E-state index in [9.17, 15) is 4.79 Å². The van der Waals surface area contributed by atoms with Crippen LogP contribution in [0.4, 0.5) is 5.69 Å². The smallest absolute Gasteiger partial charge is 0.238 e. The van der Waals surface area contributed by atoms with Gasteiger partial charge in [-0.3, -0.25) is 4.79 Å². The van der Waals surface area contributed by atoms with Crippen LogP contribution in [0.5, 0.6) is 0 Å². The van der Waals surface area contributed by atoms with E-state index in [-0.39, 0.29) is 11.4 Å². The van der Waals surface area contributed by atoms with E-state index in [1.54, 1.807) is 0 Å². The van der Waals surface area contributed by atoms with Crippen molar-refractivity contribution in [1.29, 1.82) is 0 Å². The summed E-state index contributed by atoms with van der Waals surface area (Å²) in [4.78, 5) is 11.7. The highest BCUT2D eigenvalue weighted by Gasteiger charge is 2.31. The molecule has 92 valence electrons.